The van der Waals surface area contributed by atoms with Gasteiger partial charge in [0.1, 0.15) is 0 Å². The van der Waals surface area contributed by atoms with Crippen LogP contribution in [-0.2, 0) is 9.22 Å². The minimum atomic E-state index is -1.84. The van der Waals surface area contributed by atoms with E-state index in [9.17, 15) is 4.79 Å². The Labute approximate surface area is 93.3 Å². The Morgan fingerprint density at radius 2 is 1.87 bits per heavy atom. The third-order valence-electron chi connectivity index (χ3n) is 2.81. The monoisotopic (exact) mass is 233 g/mol. The summed E-state index contributed by atoms with van der Waals surface area (Å²) in [6.45, 7) is 10.7. The molecule has 0 saturated heterocycles. The highest BCUT2D eigenvalue weighted by molar-refractivity contribution is 6.74. The van der Waals surface area contributed by atoms with Gasteiger partial charge in [0.25, 0.3) is 0 Å². The Kier molecular flexibility index (Phi) is 5.12. The van der Waals surface area contributed by atoms with Gasteiger partial charge in [-0.1, -0.05) is 20.8 Å². The van der Waals surface area contributed by atoms with Crippen LogP contribution in [0.1, 0.15) is 20.8 Å². The van der Waals surface area contributed by atoms with Crippen LogP contribution in [0.2, 0.25) is 18.1 Å². The molecule has 4 nitrogen and oxygen atoms in total. The van der Waals surface area contributed by atoms with E-state index in [1.165, 1.54) is 7.05 Å². The second-order valence-corrected chi connectivity index (χ2v) is 10.2. The maximum absolute atomic E-state index is 11.3. The molecular weight excluding hydrogens is 210 g/mol. The molecule has 0 aliphatic carbocycles. The van der Waals surface area contributed by atoms with E-state index in [-0.39, 0.29) is 24.0 Å². The quantitative estimate of drug-likeness (QED) is 0.582. The van der Waals surface area contributed by atoms with Crippen molar-refractivity contribution in [1.82, 2.24) is 5.06 Å². The minimum Gasteiger partial charge on any atom is -0.409 e. The first-order chi connectivity index (χ1) is 6.56. The lowest BCUT2D eigenvalue weighted by molar-refractivity contribution is -0.133. The summed E-state index contributed by atoms with van der Waals surface area (Å²) in [4.78, 5) is 11.3. The van der Waals surface area contributed by atoms with Gasteiger partial charge in [0.2, 0.25) is 0 Å². The molecule has 0 saturated carbocycles. The third kappa shape index (κ3) is 5.41. The maximum atomic E-state index is 11.3. The molecule has 0 heterocycles. The van der Waals surface area contributed by atoms with Crippen molar-refractivity contribution in [3.05, 3.63) is 0 Å². The fraction of sp³-hybridized carbons (Fsp3) is 0.900. The van der Waals surface area contributed by atoms with Gasteiger partial charge < -0.3 is 9.63 Å². The van der Waals surface area contributed by atoms with Crippen LogP contribution in [0.4, 0.5) is 0 Å². The number of hydroxylamine groups is 2. The molecule has 0 amide bonds. The first kappa shape index (κ1) is 14.8. The summed E-state index contributed by atoms with van der Waals surface area (Å²) >= 11 is 0. The summed E-state index contributed by atoms with van der Waals surface area (Å²) < 4.78 is 5.71. The maximum Gasteiger partial charge on any atom is 0.192 e. The van der Waals surface area contributed by atoms with E-state index in [2.05, 4.69) is 33.9 Å². The number of likely N-dealkylation sites (N-methyl/N-ethyl adjacent to an activating group) is 1. The summed E-state index contributed by atoms with van der Waals surface area (Å²) in [6, 6.07) is 0. The molecule has 0 radical (unpaired) electrons. The van der Waals surface area contributed by atoms with Gasteiger partial charge in [0, 0.05) is 7.05 Å². The van der Waals surface area contributed by atoms with E-state index in [0.717, 1.165) is 5.06 Å². The van der Waals surface area contributed by atoms with Crippen LogP contribution in [0.3, 0.4) is 0 Å². The molecule has 15 heavy (non-hydrogen) atoms. The number of Topliss-reactive ketones (excluding diaryl/α,β-unsaturated/α-hetero) is 1. The van der Waals surface area contributed by atoms with Crippen molar-refractivity contribution in [2.45, 2.75) is 38.9 Å². The highest BCUT2D eigenvalue weighted by Gasteiger charge is 2.37. The fourth-order valence-corrected chi connectivity index (χ4v) is 1.73. The molecular formula is C10H23NO3Si. The molecule has 0 spiro atoms. The van der Waals surface area contributed by atoms with Gasteiger partial charge in [-0.25, -0.2) is 0 Å². The van der Waals surface area contributed by atoms with Gasteiger partial charge in [-0.15, -0.1) is 0 Å². The molecule has 0 atom stereocenters. The largest absolute Gasteiger partial charge is 0.409 e. The van der Waals surface area contributed by atoms with E-state index in [0.29, 0.717) is 0 Å². The Morgan fingerprint density at radius 1 is 1.40 bits per heavy atom. The Hall–Kier alpha value is -0.233. The molecule has 0 bridgehead atoms. The van der Waals surface area contributed by atoms with Crippen molar-refractivity contribution >= 4 is 14.1 Å². The van der Waals surface area contributed by atoms with Gasteiger partial charge >= 0.3 is 0 Å². The first-order valence-electron chi connectivity index (χ1n) is 5.12. The number of carbonyl (C=O) groups is 1. The van der Waals surface area contributed by atoms with Crippen molar-refractivity contribution in [3.63, 3.8) is 0 Å². The molecule has 0 aliphatic heterocycles. The number of ketones is 1. The summed E-state index contributed by atoms with van der Waals surface area (Å²) in [7, 11) is -0.391. The number of nitrogens with zero attached hydrogens (tertiary/aromatic N) is 1. The molecule has 90 valence electrons. The van der Waals surface area contributed by atoms with Crippen LogP contribution >= 0.6 is 0 Å². The molecule has 0 unspecified atom stereocenters. The number of hydrogen-bond acceptors (Lipinski definition) is 4. The van der Waals surface area contributed by atoms with E-state index >= 15 is 0 Å². The molecule has 0 rings (SSSR count). The lowest BCUT2D eigenvalue weighted by atomic mass is 10.2. The molecule has 5 heteroatoms. The predicted octanol–water partition coefficient (Wildman–Crippen LogP) is 1.90. The molecule has 1 N–H and O–H groups in total. The zero-order valence-corrected chi connectivity index (χ0v) is 11.6. The third-order valence-corrected chi connectivity index (χ3v) is 7.28. The zero-order valence-electron chi connectivity index (χ0n) is 10.6. The summed E-state index contributed by atoms with van der Waals surface area (Å²) in [6.07, 6.45) is 0. The van der Waals surface area contributed by atoms with Crippen molar-refractivity contribution in [1.29, 1.82) is 0 Å². The van der Waals surface area contributed by atoms with Crippen LogP contribution in [0.25, 0.3) is 0 Å². The lowest BCUT2D eigenvalue weighted by Crippen LogP contribution is -2.42. The first-order valence-corrected chi connectivity index (χ1v) is 8.03. The van der Waals surface area contributed by atoms with E-state index in [4.69, 9.17) is 9.63 Å². The predicted molar refractivity (Wildman–Crippen MR) is 62.6 cm³/mol. The fourth-order valence-electron chi connectivity index (χ4n) is 0.778. The topological polar surface area (TPSA) is 49.8 Å². The van der Waals surface area contributed by atoms with Gasteiger partial charge in [-0.2, -0.15) is 5.06 Å². The van der Waals surface area contributed by atoms with Gasteiger partial charge in [-0.05, 0) is 18.1 Å². The molecule has 0 aromatic rings. The summed E-state index contributed by atoms with van der Waals surface area (Å²) in [5.41, 5.74) is 0. The normalized spacial score (nSPS) is 13.3. The van der Waals surface area contributed by atoms with Crippen molar-refractivity contribution in [3.8, 4) is 0 Å². The van der Waals surface area contributed by atoms with Crippen LogP contribution < -0.4 is 0 Å². The minimum absolute atomic E-state index is 0.0224. The van der Waals surface area contributed by atoms with Crippen molar-refractivity contribution in [2.24, 2.45) is 0 Å². The average molecular weight is 233 g/mol. The summed E-state index contributed by atoms with van der Waals surface area (Å²) in [5.74, 6) is -0.0928. The van der Waals surface area contributed by atoms with Crippen LogP contribution in [0, 0.1) is 0 Å². The van der Waals surface area contributed by atoms with E-state index in [1.54, 1.807) is 0 Å². The standard InChI is InChI=1S/C10H23NO3Si/c1-10(2,3)15(5,6)14-8-9(12)7-11(4)13/h13H,7-8H2,1-6H3. The SMILES string of the molecule is CN(O)CC(=O)CO[Si](C)(C)C(C)(C)C. The second kappa shape index (κ2) is 5.20. The zero-order chi connectivity index (χ0) is 12.3. The summed E-state index contributed by atoms with van der Waals surface area (Å²) in [5, 5.41) is 9.86. The van der Waals surface area contributed by atoms with E-state index < -0.39 is 8.32 Å². The molecule has 0 fully saturated rings. The molecule has 0 aliphatic rings. The van der Waals surface area contributed by atoms with E-state index in [1.807, 2.05) is 0 Å². The Bertz CT molecular complexity index is 221. The Morgan fingerprint density at radius 3 is 2.20 bits per heavy atom. The smallest absolute Gasteiger partial charge is 0.192 e. The van der Waals surface area contributed by atoms with Gasteiger partial charge in [0.05, 0.1) is 13.2 Å². The van der Waals surface area contributed by atoms with Crippen LogP contribution in [-0.4, -0.2) is 44.6 Å². The average Bonchev–Trinajstić information content (AvgIpc) is 1.97. The number of carbonyl (C=O) groups excluding carboxylic acids is 1. The van der Waals surface area contributed by atoms with Gasteiger partial charge in [0.15, 0.2) is 14.1 Å². The number of hydrogen-bond donors (Lipinski definition) is 1. The van der Waals surface area contributed by atoms with Crippen molar-refractivity contribution < 1.29 is 14.4 Å². The van der Waals surface area contributed by atoms with Crippen LogP contribution in [0.15, 0.2) is 0 Å². The Balaban J connectivity index is 4.10. The number of rotatable bonds is 5. The van der Waals surface area contributed by atoms with Crippen molar-refractivity contribution in [2.75, 3.05) is 20.2 Å². The highest BCUT2D eigenvalue weighted by atomic mass is 28.4. The molecule has 0 aromatic carbocycles. The van der Waals surface area contributed by atoms with Gasteiger partial charge in [-0.3, -0.25) is 4.79 Å². The second-order valence-electron chi connectivity index (χ2n) is 5.40. The van der Waals surface area contributed by atoms with Crippen LogP contribution in [0.5, 0.6) is 0 Å². The lowest BCUT2D eigenvalue weighted by Gasteiger charge is -2.35. The highest BCUT2D eigenvalue weighted by Crippen LogP contribution is 2.36. The molecule has 0 aromatic heterocycles.